The Kier molecular flexibility index (Phi) is 3.99. The summed E-state index contributed by atoms with van der Waals surface area (Å²) in [5.41, 5.74) is 3.38. The third-order valence-corrected chi connectivity index (χ3v) is 2.94. The van der Waals surface area contributed by atoms with Crippen LogP contribution in [0.3, 0.4) is 0 Å². The van der Waals surface area contributed by atoms with Crippen molar-refractivity contribution in [3.05, 3.63) is 47.7 Å². The van der Waals surface area contributed by atoms with Gasteiger partial charge in [-0.05, 0) is 32.2 Å². The van der Waals surface area contributed by atoms with Gasteiger partial charge in [0.1, 0.15) is 5.76 Å². The van der Waals surface area contributed by atoms with E-state index in [1.807, 2.05) is 32.3 Å². The van der Waals surface area contributed by atoms with Gasteiger partial charge < -0.3 is 9.73 Å². The van der Waals surface area contributed by atoms with Crippen molar-refractivity contribution in [3.63, 3.8) is 0 Å². The molecule has 0 radical (unpaired) electrons. The van der Waals surface area contributed by atoms with E-state index in [0.29, 0.717) is 0 Å². The van der Waals surface area contributed by atoms with Gasteiger partial charge in [-0.25, -0.2) is 0 Å². The quantitative estimate of drug-likeness (QED) is 0.879. The van der Waals surface area contributed by atoms with Crippen molar-refractivity contribution in [2.75, 3.05) is 19.4 Å². The Morgan fingerprint density at radius 1 is 1.33 bits per heavy atom. The molecule has 18 heavy (non-hydrogen) atoms. The lowest BCUT2D eigenvalue weighted by atomic mass is 10.2. The number of aromatic nitrogens is 1. The molecule has 0 aliphatic carbocycles. The van der Waals surface area contributed by atoms with Gasteiger partial charge in [-0.2, -0.15) is 0 Å². The lowest BCUT2D eigenvalue weighted by Gasteiger charge is -2.16. The van der Waals surface area contributed by atoms with Crippen LogP contribution >= 0.6 is 0 Å². The summed E-state index contributed by atoms with van der Waals surface area (Å²) < 4.78 is 5.30. The minimum Gasteiger partial charge on any atom is -0.469 e. The summed E-state index contributed by atoms with van der Waals surface area (Å²) in [6.45, 7) is 3.68. The van der Waals surface area contributed by atoms with Crippen molar-refractivity contribution in [1.29, 1.82) is 0 Å². The molecule has 0 aliphatic heterocycles. The van der Waals surface area contributed by atoms with Crippen molar-refractivity contribution in [2.24, 2.45) is 0 Å². The van der Waals surface area contributed by atoms with Crippen LogP contribution in [-0.2, 0) is 13.1 Å². The molecule has 0 aliphatic rings. The Morgan fingerprint density at radius 3 is 2.83 bits per heavy atom. The van der Waals surface area contributed by atoms with Gasteiger partial charge in [-0.15, -0.1) is 0 Å². The number of hydrogen-bond acceptors (Lipinski definition) is 4. The molecule has 0 saturated carbocycles. The number of hydrogen-bond donors (Lipinski definition) is 1. The molecule has 2 heterocycles. The van der Waals surface area contributed by atoms with Crippen molar-refractivity contribution in [1.82, 2.24) is 9.88 Å². The van der Waals surface area contributed by atoms with Crippen LogP contribution in [0.5, 0.6) is 0 Å². The van der Waals surface area contributed by atoms with E-state index >= 15 is 0 Å². The number of nitrogens with zero attached hydrogens (tertiary/aromatic N) is 2. The van der Waals surface area contributed by atoms with Gasteiger partial charge in [0.2, 0.25) is 0 Å². The van der Waals surface area contributed by atoms with Gasteiger partial charge in [0.05, 0.1) is 12.0 Å². The van der Waals surface area contributed by atoms with Crippen LogP contribution in [-0.4, -0.2) is 24.0 Å². The first-order valence-corrected chi connectivity index (χ1v) is 6.03. The summed E-state index contributed by atoms with van der Waals surface area (Å²) in [5, 5.41) is 3.12. The molecule has 0 unspecified atom stereocenters. The molecule has 96 valence electrons. The summed E-state index contributed by atoms with van der Waals surface area (Å²) in [7, 11) is 4.00. The van der Waals surface area contributed by atoms with E-state index in [4.69, 9.17) is 4.42 Å². The molecule has 0 bridgehead atoms. The predicted molar refractivity (Wildman–Crippen MR) is 72.4 cm³/mol. The van der Waals surface area contributed by atoms with Crippen LogP contribution in [0.4, 0.5) is 5.69 Å². The zero-order chi connectivity index (χ0) is 13.0. The zero-order valence-electron chi connectivity index (χ0n) is 11.1. The monoisotopic (exact) mass is 245 g/mol. The van der Waals surface area contributed by atoms with E-state index < -0.39 is 0 Å². The lowest BCUT2D eigenvalue weighted by molar-refractivity contribution is 0.312. The maximum Gasteiger partial charge on any atom is 0.105 e. The zero-order valence-corrected chi connectivity index (χ0v) is 11.1. The Hall–Kier alpha value is -1.81. The molecular formula is C14H19N3O. The third kappa shape index (κ3) is 3.11. The highest BCUT2D eigenvalue weighted by Gasteiger charge is 2.07. The average Bonchev–Trinajstić information content (AvgIpc) is 2.75. The summed E-state index contributed by atoms with van der Waals surface area (Å²) >= 11 is 0. The number of pyridine rings is 1. The van der Waals surface area contributed by atoms with Crippen LogP contribution in [0, 0.1) is 6.92 Å². The molecule has 2 aromatic rings. The fourth-order valence-corrected chi connectivity index (χ4v) is 1.92. The van der Waals surface area contributed by atoms with Crippen molar-refractivity contribution < 1.29 is 4.42 Å². The van der Waals surface area contributed by atoms with Gasteiger partial charge in [0.15, 0.2) is 0 Å². The number of aryl methyl sites for hydroxylation is 1. The van der Waals surface area contributed by atoms with Crippen LogP contribution in [0.15, 0.2) is 35.1 Å². The highest BCUT2D eigenvalue weighted by atomic mass is 16.3. The lowest BCUT2D eigenvalue weighted by Crippen LogP contribution is -2.18. The molecule has 4 heteroatoms. The van der Waals surface area contributed by atoms with Gasteiger partial charge in [-0.3, -0.25) is 9.88 Å². The second kappa shape index (κ2) is 5.69. The number of anilines is 1. The summed E-state index contributed by atoms with van der Waals surface area (Å²) in [5.74, 6) is 0.985. The van der Waals surface area contributed by atoms with Gasteiger partial charge in [-0.1, -0.05) is 0 Å². The molecule has 0 aromatic carbocycles. The summed E-state index contributed by atoms with van der Waals surface area (Å²) in [6, 6.07) is 6.05. The Bertz CT molecular complexity index is 507. The maximum atomic E-state index is 5.30. The first kappa shape index (κ1) is 12.6. The molecule has 0 spiro atoms. The molecule has 2 aromatic heterocycles. The molecule has 0 fully saturated rings. The van der Waals surface area contributed by atoms with Crippen LogP contribution in [0.2, 0.25) is 0 Å². The average molecular weight is 245 g/mol. The van der Waals surface area contributed by atoms with E-state index in [9.17, 15) is 0 Å². The standard InChI is InChI=1S/C14H19N3O/c1-11-12(5-7-18-11)9-17(3)10-14-8-13(15-2)4-6-16-14/h4-8H,9-10H2,1-3H3,(H,15,16). The molecule has 1 N–H and O–H groups in total. The van der Waals surface area contributed by atoms with Gasteiger partial charge >= 0.3 is 0 Å². The van der Waals surface area contributed by atoms with E-state index in [-0.39, 0.29) is 0 Å². The fourth-order valence-electron chi connectivity index (χ4n) is 1.92. The highest BCUT2D eigenvalue weighted by Crippen LogP contribution is 2.13. The second-order valence-electron chi connectivity index (χ2n) is 4.46. The Morgan fingerprint density at radius 2 is 2.17 bits per heavy atom. The normalized spacial score (nSPS) is 10.9. The molecule has 0 saturated heterocycles. The molecule has 0 atom stereocenters. The predicted octanol–water partition coefficient (Wildman–Crippen LogP) is 2.66. The minimum absolute atomic E-state index is 0.820. The van der Waals surface area contributed by atoms with Gasteiger partial charge in [0, 0.05) is 37.6 Å². The largest absolute Gasteiger partial charge is 0.469 e. The smallest absolute Gasteiger partial charge is 0.105 e. The van der Waals surface area contributed by atoms with Crippen molar-refractivity contribution in [2.45, 2.75) is 20.0 Å². The topological polar surface area (TPSA) is 41.3 Å². The van der Waals surface area contributed by atoms with E-state index in [0.717, 1.165) is 30.2 Å². The van der Waals surface area contributed by atoms with Crippen molar-refractivity contribution in [3.8, 4) is 0 Å². The summed E-state index contributed by atoms with van der Waals surface area (Å²) in [6.07, 6.45) is 3.57. The van der Waals surface area contributed by atoms with Crippen molar-refractivity contribution >= 4 is 5.69 Å². The Balaban J connectivity index is 1.98. The highest BCUT2D eigenvalue weighted by molar-refractivity contribution is 5.42. The van der Waals surface area contributed by atoms with Gasteiger partial charge in [0.25, 0.3) is 0 Å². The fraction of sp³-hybridized carbons (Fsp3) is 0.357. The van der Waals surface area contributed by atoms with E-state index in [2.05, 4.69) is 28.3 Å². The maximum absolute atomic E-state index is 5.30. The van der Waals surface area contributed by atoms with Crippen LogP contribution < -0.4 is 5.32 Å². The molecule has 2 rings (SSSR count). The number of rotatable bonds is 5. The summed E-state index contributed by atoms with van der Waals surface area (Å²) in [4.78, 5) is 6.60. The van der Waals surface area contributed by atoms with E-state index in [1.165, 1.54) is 5.56 Å². The Labute approximate surface area is 108 Å². The SMILES string of the molecule is CNc1ccnc(CN(C)Cc2ccoc2C)c1. The van der Waals surface area contributed by atoms with Crippen LogP contribution in [0.25, 0.3) is 0 Å². The first-order chi connectivity index (χ1) is 8.69. The van der Waals surface area contributed by atoms with E-state index in [1.54, 1.807) is 6.26 Å². The third-order valence-electron chi connectivity index (χ3n) is 2.94. The van der Waals surface area contributed by atoms with Crippen LogP contribution in [0.1, 0.15) is 17.0 Å². The number of furan rings is 1. The molecule has 0 amide bonds. The number of nitrogens with one attached hydrogen (secondary N) is 1. The first-order valence-electron chi connectivity index (χ1n) is 6.03. The molecule has 4 nitrogen and oxygen atoms in total. The second-order valence-corrected chi connectivity index (χ2v) is 4.46. The molecular weight excluding hydrogens is 226 g/mol. The minimum atomic E-state index is 0.820.